The number of ketones is 1. The topological polar surface area (TPSA) is 37.3 Å². The highest BCUT2D eigenvalue weighted by Gasteiger charge is 2.28. The fourth-order valence-electron chi connectivity index (χ4n) is 1.45. The Morgan fingerprint density at radius 3 is 2.00 bits per heavy atom. The van der Waals surface area contributed by atoms with Gasteiger partial charge in [-0.1, -0.05) is 41.0 Å². The summed E-state index contributed by atoms with van der Waals surface area (Å²) in [6.07, 6.45) is 1.82. The summed E-state index contributed by atoms with van der Waals surface area (Å²) in [7, 11) is 0. The zero-order chi connectivity index (χ0) is 11.4. The Morgan fingerprint density at radius 1 is 1.21 bits per heavy atom. The van der Waals surface area contributed by atoms with E-state index in [0.717, 1.165) is 12.8 Å². The van der Waals surface area contributed by atoms with Crippen LogP contribution in [0.25, 0.3) is 0 Å². The van der Waals surface area contributed by atoms with Gasteiger partial charge in [0.05, 0.1) is 6.61 Å². The number of carbonyl (C=O) groups is 1. The molecule has 0 heterocycles. The number of carbonyl (C=O) groups excluding carboxylic acids is 1. The molecule has 0 radical (unpaired) electrons. The van der Waals surface area contributed by atoms with E-state index in [2.05, 4.69) is 13.8 Å². The Bertz CT molecular complexity index is 177. The largest absolute Gasteiger partial charge is 0.396 e. The van der Waals surface area contributed by atoms with Crippen LogP contribution in [0, 0.1) is 17.3 Å². The zero-order valence-corrected chi connectivity index (χ0v) is 10.1. The first-order valence-electron chi connectivity index (χ1n) is 5.44. The lowest BCUT2D eigenvalue weighted by atomic mass is 9.81. The maximum absolute atomic E-state index is 11.8. The van der Waals surface area contributed by atoms with Crippen LogP contribution in [0.4, 0.5) is 0 Å². The molecule has 0 fully saturated rings. The third-order valence-electron chi connectivity index (χ3n) is 2.42. The number of aliphatic hydroxyl groups excluding tert-OH is 1. The molecule has 0 aliphatic carbocycles. The monoisotopic (exact) mass is 200 g/mol. The molecule has 2 nitrogen and oxygen atoms in total. The van der Waals surface area contributed by atoms with Crippen molar-refractivity contribution in [1.82, 2.24) is 0 Å². The van der Waals surface area contributed by atoms with Crippen LogP contribution in [-0.2, 0) is 4.79 Å². The summed E-state index contributed by atoms with van der Waals surface area (Å²) in [4.78, 5) is 11.8. The summed E-state index contributed by atoms with van der Waals surface area (Å²) in [5, 5.41) is 9.15. The smallest absolute Gasteiger partial charge is 0.143 e. The molecule has 0 aliphatic rings. The van der Waals surface area contributed by atoms with Crippen molar-refractivity contribution in [3.8, 4) is 0 Å². The van der Waals surface area contributed by atoms with Crippen LogP contribution in [-0.4, -0.2) is 17.5 Å². The van der Waals surface area contributed by atoms with E-state index in [0.29, 0.717) is 5.92 Å². The van der Waals surface area contributed by atoms with Gasteiger partial charge in [-0.05, 0) is 12.3 Å². The Morgan fingerprint density at radius 2 is 1.71 bits per heavy atom. The summed E-state index contributed by atoms with van der Waals surface area (Å²) in [6.45, 7) is 9.99. The fourth-order valence-corrected chi connectivity index (χ4v) is 1.45. The molecule has 0 bridgehead atoms. The second-order valence-electron chi connectivity index (χ2n) is 5.46. The van der Waals surface area contributed by atoms with E-state index >= 15 is 0 Å². The Labute approximate surface area is 87.7 Å². The minimum absolute atomic E-state index is 0.0111. The molecular weight excluding hydrogens is 176 g/mol. The first-order valence-corrected chi connectivity index (χ1v) is 5.44. The molecule has 0 spiro atoms. The molecular formula is C12H24O2. The highest BCUT2D eigenvalue weighted by Crippen LogP contribution is 2.24. The summed E-state index contributed by atoms with van der Waals surface area (Å²) >= 11 is 0. The fraction of sp³-hybridized carbons (Fsp3) is 0.917. The average Bonchev–Trinajstić information content (AvgIpc) is 2.03. The molecule has 0 saturated heterocycles. The van der Waals surface area contributed by atoms with Crippen molar-refractivity contribution >= 4 is 5.78 Å². The van der Waals surface area contributed by atoms with Crippen molar-refractivity contribution in [1.29, 1.82) is 0 Å². The number of rotatable bonds is 5. The molecule has 2 heteroatoms. The van der Waals surface area contributed by atoms with Crippen LogP contribution in [0.5, 0.6) is 0 Å². The van der Waals surface area contributed by atoms with Gasteiger partial charge in [-0.3, -0.25) is 4.79 Å². The summed E-state index contributed by atoms with van der Waals surface area (Å²) in [5.41, 5.74) is -0.329. The third kappa shape index (κ3) is 4.75. The van der Waals surface area contributed by atoms with Gasteiger partial charge >= 0.3 is 0 Å². The predicted molar refractivity (Wildman–Crippen MR) is 59.1 cm³/mol. The highest BCUT2D eigenvalue weighted by molar-refractivity contribution is 5.86. The van der Waals surface area contributed by atoms with E-state index in [1.54, 1.807) is 0 Å². The van der Waals surface area contributed by atoms with E-state index < -0.39 is 0 Å². The average molecular weight is 200 g/mol. The second kappa shape index (κ2) is 5.50. The summed E-state index contributed by atoms with van der Waals surface area (Å²) < 4.78 is 0. The molecule has 0 aromatic carbocycles. The van der Waals surface area contributed by atoms with Gasteiger partial charge < -0.3 is 5.11 Å². The summed E-state index contributed by atoms with van der Waals surface area (Å²) in [6, 6.07) is 0. The highest BCUT2D eigenvalue weighted by atomic mass is 16.3. The van der Waals surface area contributed by atoms with E-state index in [1.165, 1.54) is 0 Å². The number of Topliss-reactive ketones (excluding diaryl/α,β-unsaturated/α-hetero) is 1. The molecule has 14 heavy (non-hydrogen) atoms. The SMILES string of the molecule is CC(C)CC[C@@H](CO)C(=O)C(C)(C)C. The number of hydrogen-bond donors (Lipinski definition) is 1. The molecule has 1 N–H and O–H groups in total. The van der Waals surface area contributed by atoms with Gasteiger partial charge in [0, 0.05) is 11.3 Å². The van der Waals surface area contributed by atoms with Crippen LogP contribution >= 0.6 is 0 Å². The van der Waals surface area contributed by atoms with Gasteiger partial charge in [-0.2, -0.15) is 0 Å². The second-order valence-corrected chi connectivity index (χ2v) is 5.46. The lowest BCUT2D eigenvalue weighted by Crippen LogP contribution is -2.30. The van der Waals surface area contributed by atoms with Crippen molar-refractivity contribution in [3.05, 3.63) is 0 Å². The maximum atomic E-state index is 11.8. The van der Waals surface area contributed by atoms with Crippen LogP contribution in [0.2, 0.25) is 0 Å². The van der Waals surface area contributed by atoms with Gasteiger partial charge in [0.15, 0.2) is 0 Å². The van der Waals surface area contributed by atoms with Crippen LogP contribution in [0.1, 0.15) is 47.5 Å². The predicted octanol–water partition coefficient (Wildman–Crippen LogP) is 2.65. The third-order valence-corrected chi connectivity index (χ3v) is 2.42. The number of aliphatic hydroxyl groups is 1. The normalized spacial score (nSPS) is 14.5. The molecule has 0 rings (SSSR count). The van der Waals surface area contributed by atoms with Crippen LogP contribution in [0.3, 0.4) is 0 Å². The van der Waals surface area contributed by atoms with E-state index in [-0.39, 0.29) is 23.7 Å². The molecule has 0 aromatic heterocycles. The quantitative estimate of drug-likeness (QED) is 0.740. The van der Waals surface area contributed by atoms with E-state index in [9.17, 15) is 4.79 Å². The Kier molecular flexibility index (Phi) is 5.35. The van der Waals surface area contributed by atoms with Crippen molar-refractivity contribution in [2.45, 2.75) is 47.5 Å². The van der Waals surface area contributed by atoms with Crippen molar-refractivity contribution in [2.24, 2.45) is 17.3 Å². The molecule has 0 aromatic rings. The molecule has 84 valence electrons. The molecule has 0 amide bonds. The standard InChI is InChI=1S/C12H24O2/c1-9(2)6-7-10(8-13)11(14)12(3,4)5/h9-10,13H,6-8H2,1-5H3/t10-/m0/s1. The maximum Gasteiger partial charge on any atom is 0.143 e. The molecule has 1 atom stereocenters. The van der Waals surface area contributed by atoms with E-state index in [1.807, 2.05) is 20.8 Å². The molecule has 0 saturated carbocycles. The van der Waals surface area contributed by atoms with Crippen LogP contribution in [0.15, 0.2) is 0 Å². The minimum atomic E-state index is -0.329. The van der Waals surface area contributed by atoms with Gasteiger partial charge in [0.25, 0.3) is 0 Å². The first kappa shape index (κ1) is 13.6. The number of hydrogen-bond acceptors (Lipinski definition) is 2. The zero-order valence-electron chi connectivity index (χ0n) is 10.1. The van der Waals surface area contributed by atoms with Crippen molar-refractivity contribution < 1.29 is 9.90 Å². The lowest BCUT2D eigenvalue weighted by Gasteiger charge is -2.23. The van der Waals surface area contributed by atoms with Gasteiger partial charge in [-0.15, -0.1) is 0 Å². The van der Waals surface area contributed by atoms with Gasteiger partial charge in [-0.25, -0.2) is 0 Å². The summed E-state index contributed by atoms with van der Waals surface area (Å²) in [5.74, 6) is 0.606. The molecule has 0 unspecified atom stereocenters. The van der Waals surface area contributed by atoms with E-state index in [4.69, 9.17) is 5.11 Å². The Hall–Kier alpha value is -0.370. The van der Waals surface area contributed by atoms with Crippen molar-refractivity contribution in [2.75, 3.05) is 6.61 Å². The Balaban J connectivity index is 4.21. The van der Waals surface area contributed by atoms with Gasteiger partial charge in [0.1, 0.15) is 5.78 Å². The minimum Gasteiger partial charge on any atom is -0.396 e. The van der Waals surface area contributed by atoms with Gasteiger partial charge in [0.2, 0.25) is 0 Å². The van der Waals surface area contributed by atoms with Crippen molar-refractivity contribution in [3.63, 3.8) is 0 Å². The molecule has 0 aliphatic heterocycles. The van der Waals surface area contributed by atoms with Crippen LogP contribution < -0.4 is 0 Å². The first-order chi connectivity index (χ1) is 6.29. The lowest BCUT2D eigenvalue weighted by molar-refractivity contribution is -0.132.